The van der Waals surface area contributed by atoms with Gasteiger partial charge >= 0.3 is 0 Å². The summed E-state index contributed by atoms with van der Waals surface area (Å²) < 4.78 is 30.6. The van der Waals surface area contributed by atoms with Crippen molar-refractivity contribution in [3.8, 4) is 0 Å². The molecule has 0 aliphatic heterocycles. The molecule has 1 atom stereocenters. The molecule has 0 saturated heterocycles. The standard InChI is InChI=1S/C37H39BrClN3O4S/c1-26-15-19-33(20-16-26)47(45,46)42(34-23-31(39)18-17-27(34)2)25-36(43)41(24-29-11-8-12-30(38)21-29)35(22-28-9-4-3-5-10-28)37(44)40-32-13-6-7-14-32/h3-5,8-12,15-21,23,32,35H,6-7,13-14,22,24-25H2,1-2H3,(H,40,44)/t35-/m1/s1. The highest BCUT2D eigenvalue weighted by atomic mass is 79.9. The third kappa shape index (κ3) is 8.83. The van der Waals surface area contributed by atoms with Crippen molar-refractivity contribution in [2.75, 3.05) is 10.8 Å². The van der Waals surface area contributed by atoms with Gasteiger partial charge in [0, 0.05) is 28.5 Å². The zero-order valence-corrected chi connectivity index (χ0v) is 29.7. The number of amides is 2. The number of carbonyl (C=O) groups is 2. The molecule has 0 unspecified atom stereocenters. The first-order valence-electron chi connectivity index (χ1n) is 15.7. The van der Waals surface area contributed by atoms with Crippen LogP contribution in [-0.4, -0.2) is 43.8 Å². The Labute approximate surface area is 291 Å². The second-order valence-corrected chi connectivity index (χ2v) is 15.3. The van der Waals surface area contributed by atoms with Gasteiger partial charge in [0.05, 0.1) is 10.6 Å². The lowest BCUT2D eigenvalue weighted by Crippen LogP contribution is -2.54. The van der Waals surface area contributed by atoms with Gasteiger partial charge in [0.1, 0.15) is 12.6 Å². The summed E-state index contributed by atoms with van der Waals surface area (Å²) in [5.74, 6) is -0.765. The van der Waals surface area contributed by atoms with E-state index in [0.29, 0.717) is 16.3 Å². The number of aryl methyl sites for hydroxylation is 2. The Bertz CT molecular complexity index is 1810. The minimum absolute atomic E-state index is 0.0381. The highest BCUT2D eigenvalue weighted by Crippen LogP contribution is 2.30. The number of halogens is 2. The van der Waals surface area contributed by atoms with E-state index in [0.717, 1.165) is 51.2 Å². The Morgan fingerprint density at radius 3 is 2.26 bits per heavy atom. The third-order valence-electron chi connectivity index (χ3n) is 8.54. The largest absolute Gasteiger partial charge is 0.352 e. The van der Waals surface area contributed by atoms with E-state index in [2.05, 4.69) is 21.2 Å². The predicted molar refractivity (Wildman–Crippen MR) is 191 cm³/mol. The lowest BCUT2D eigenvalue weighted by molar-refractivity contribution is -0.140. The van der Waals surface area contributed by atoms with E-state index >= 15 is 0 Å². The van der Waals surface area contributed by atoms with Crippen molar-refractivity contribution >= 4 is 55.1 Å². The SMILES string of the molecule is Cc1ccc(S(=O)(=O)N(CC(=O)N(Cc2cccc(Br)c2)[C@H](Cc2ccccc2)C(=O)NC2CCCC2)c2cc(Cl)ccc2C)cc1. The fraction of sp³-hybridized carbons (Fsp3) is 0.297. The molecular weight excluding hydrogens is 698 g/mol. The molecule has 0 heterocycles. The molecule has 7 nitrogen and oxygen atoms in total. The van der Waals surface area contributed by atoms with Crippen LogP contribution < -0.4 is 9.62 Å². The number of carbonyl (C=O) groups excluding carboxylic acids is 2. The van der Waals surface area contributed by atoms with Crippen LogP contribution in [0.25, 0.3) is 0 Å². The Hall–Kier alpha value is -3.66. The quantitative estimate of drug-likeness (QED) is 0.162. The van der Waals surface area contributed by atoms with Crippen LogP contribution in [0.2, 0.25) is 5.02 Å². The number of rotatable bonds is 12. The third-order valence-corrected chi connectivity index (χ3v) is 11.0. The summed E-state index contributed by atoms with van der Waals surface area (Å²) in [5.41, 5.74) is 3.52. The van der Waals surface area contributed by atoms with Gasteiger partial charge in [-0.25, -0.2) is 8.42 Å². The topological polar surface area (TPSA) is 86.8 Å². The van der Waals surface area contributed by atoms with Crippen LogP contribution in [0.15, 0.2) is 106 Å². The first kappa shape index (κ1) is 34.7. The number of benzene rings is 4. The molecule has 0 bridgehead atoms. The molecule has 246 valence electrons. The van der Waals surface area contributed by atoms with Crippen LogP contribution in [0.3, 0.4) is 0 Å². The van der Waals surface area contributed by atoms with Gasteiger partial charge in [-0.05, 0) is 79.8 Å². The van der Waals surface area contributed by atoms with Crippen LogP contribution >= 0.6 is 27.5 Å². The number of hydrogen-bond acceptors (Lipinski definition) is 4. The molecule has 10 heteroatoms. The summed E-state index contributed by atoms with van der Waals surface area (Å²) in [4.78, 5) is 30.4. The van der Waals surface area contributed by atoms with Crippen LogP contribution in [0.1, 0.15) is 47.9 Å². The summed E-state index contributed by atoms with van der Waals surface area (Å²) in [7, 11) is -4.22. The van der Waals surface area contributed by atoms with E-state index in [9.17, 15) is 18.0 Å². The number of nitrogens with zero attached hydrogens (tertiary/aromatic N) is 2. The molecule has 1 N–H and O–H groups in total. The Kier molecular flexibility index (Phi) is 11.4. The molecule has 4 aromatic carbocycles. The monoisotopic (exact) mass is 735 g/mol. The fourth-order valence-electron chi connectivity index (χ4n) is 5.96. The Morgan fingerprint density at radius 2 is 1.57 bits per heavy atom. The fourth-order valence-corrected chi connectivity index (χ4v) is 8.04. The Balaban J connectivity index is 1.59. The lowest BCUT2D eigenvalue weighted by Gasteiger charge is -2.34. The second-order valence-electron chi connectivity index (χ2n) is 12.1. The van der Waals surface area contributed by atoms with Crippen molar-refractivity contribution < 1.29 is 18.0 Å². The van der Waals surface area contributed by atoms with Crippen LogP contribution in [0.5, 0.6) is 0 Å². The molecule has 2 amide bonds. The summed E-state index contributed by atoms with van der Waals surface area (Å²) in [6.45, 7) is 3.22. The summed E-state index contributed by atoms with van der Waals surface area (Å²) in [6.07, 6.45) is 4.12. The number of anilines is 1. The van der Waals surface area contributed by atoms with Crippen molar-refractivity contribution in [3.63, 3.8) is 0 Å². The first-order chi connectivity index (χ1) is 22.5. The summed E-state index contributed by atoms with van der Waals surface area (Å²) in [5, 5.41) is 3.54. The highest BCUT2D eigenvalue weighted by molar-refractivity contribution is 9.10. The minimum Gasteiger partial charge on any atom is -0.352 e. The van der Waals surface area contributed by atoms with Crippen molar-refractivity contribution in [3.05, 3.63) is 129 Å². The van der Waals surface area contributed by atoms with Crippen molar-refractivity contribution in [2.24, 2.45) is 0 Å². The van der Waals surface area contributed by atoms with Crippen LogP contribution in [0.4, 0.5) is 5.69 Å². The van der Waals surface area contributed by atoms with E-state index < -0.39 is 28.5 Å². The highest BCUT2D eigenvalue weighted by Gasteiger charge is 2.36. The summed E-state index contributed by atoms with van der Waals surface area (Å²) in [6, 6.07) is 27.8. The molecule has 5 rings (SSSR count). The molecule has 1 aliphatic rings. The normalized spacial score (nSPS) is 14.0. The van der Waals surface area contributed by atoms with Gasteiger partial charge in [0.15, 0.2) is 0 Å². The number of sulfonamides is 1. The van der Waals surface area contributed by atoms with Gasteiger partial charge in [0.25, 0.3) is 10.0 Å². The molecule has 1 fully saturated rings. The van der Waals surface area contributed by atoms with Gasteiger partial charge < -0.3 is 10.2 Å². The zero-order chi connectivity index (χ0) is 33.6. The molecule has 47 heavy (non-hydrogen) atoms. The van der Waals surface area contributed by atoms with Gasteiger partial charge in [-0.3, -0.25) is 13.9 Å². The maximum atomic E-state index is 14.7. The zero-order valence-electron chi connectivity index (χ0n) is 26.5. The van der Waals surface area contributed by atoms with Gasteiger partial charge in [-0.15, -0.1) is 0 Å². The second kappa shape index (κ2) is 15.5. The lowest BCUT2D eigenvalue weighted by atomic mass is 10.0. The van der Waals surface area contributed by atoms with Crippen LogP contribution in [0, 0.1) is 13.8 Å². The number of hydrogen-bond donors (Lipinski definition) is 1. The average Bonchev–Trinajstić information content (AvgIpc) is 3.56. The molecule has 0 aromatic heterocycles. The first-order valence-corrected chi connectivity index (χ1v) is 18.4. The van der Waals surface area contributed by atoms with Crippen molar-refractivity contribution in [1.82, 2.24) is 10.2 Å². The molecule has 0 radical (unpaired) electrons. The van der Waals surface area contributed by atoms with Crippen LogP contribution in [-0.2, 0) is 32.6 Å². The summed E-state index contributed by atoms with van der Waals surface area (Å²) >= 11 is 9.92. The number of nitrogens with one attached hydrogen (secondary N) is 1. The van der Waals surface area contributed by atoms with Gasteiger partial charge in [-0.1, -0.05) is 107 Å². The molecule has 0 spiro atoms. The maximum absolute atomic E-state index is 14.7. The van der Waals surface area contributed by atoms with E-state index in [1.165, 1.54) is 17.0 Å². The van der Waals surface area contributed by atoms with E-state index in [4.69, 9.17) is 11.6 Å². The van der Waals surface area contributed by atoms with E-state index in [1.807, 2.05) is 61.5 Å². The predicted octanol–water partition coefficient (Wildman–Crippen LogP) is 7.61. The smallest absolute Gasteiger partial charge is 0.264 e. The molecular formula is C37H39BrClN3O4S. The Morgan fingerprint density at radius 1 is 0.894 bits per heavy atom. The average molecular weight is 737 g/mol. The minimum atomic E-state index is -4.22. The van der Waals surface area contributed by atoms with E-state index in [1.54, 1.807) is 37.3 Å². The molecule has 1 aliphatic carbocycles. The van der Waals surface area contributed by atoms with Crippen molar-refractivity contribution in [1.29, 1.82) is 0 Å². The van der Waals surface area contributed by atoms with Gasteiger partial charge in [-0.2, -0.15) is 0 Å². The van der Waals surface area contributed by atoms with Crippen molar-refractivity contribution in [2.45, 2.75) is 69.5 Å². The maximum Gasteiger partial charge on any atom is 0.264 e. The van der Waals surface area contributed by atoms with Gasteiger partial charge in [0.2, 0.25) is 11.8 Å². The molecule has 1 saturated carbocycles. The molecule has 4 aromatic rings. The van der Waals surface area contributed by atoms with E-state index in [-0.39, 0.29) is 29.8 Å².